The largest absolute Gasteiger partial charge is 0.496 e. The van der Waals surface area contributed by atoms with Crippen LogP contribution in [-0.2, 0) is 0 Å². The third kappa shape index (κ3) is 5.10. The minimum atomic E-state index is 0.848. The summed E-state index contributed by atoms with van der Waals surface area (Å²) in [6.07, 6.45) is 12.0. The number of hydrogen-bond donors (Lipinski definition) is 0. The van der Waals surface area contributed by atoms with Crippen molar-refractivity contribution >= 4 is 24.3 Å². The Morgan fingerprint density at radius 2 is 1.28 bits per heavy atom. The third-order valence-corrected chi connectivity index (χ3v) is 5.07. The lowest BCUT2D eigenvalue weighted by atomic mass is 10.1. The zero-order valence-electron chi connectivity index (χ0n) is 18.2. The monoisotopic (exact) mass is 421 g/mol. The van der Waals surface area contributed by atoms with Crippen LogP contribution in [0, 0.1) is 0 Å². The molecule has 2 aromatic heterocycles. The highest BCUT2D eigenvalue weighted by Crippen LogP contribution is 2.23. The van der Waals surface area contributed by atoms with Crippen LogP contribution in [-0.4, -0.2) is 19.2 Å². The molecular weight excluding hydrogens is 396 g/mol. The first-order valence-corrected chi connectivity index (χ1v) is 10.4. The standard InChI is InChI=1S/C28H24N2O2/c1-31-27-9-5-3-7-23(27)13-11-21-15-17-29-25(19-21)26-20-22(16-18-30-26)12-14-24-8-4-6-10-28(24)32-2/h3-20H,1-2H3/p+1/b13-11+,14-12+. The maximum Gasteiger partial charge on any atom is 0.230 e. The Bertz CT molecular complexity index is 1160. The minimum absolute atomic E-state index is 0.848. The van der Waals surface area contributed by atoms with E-state index in [1.807, 2.05) is 79.1 Å². The SMILES string of the molecule is COc1ccccc1/C=C/c1ccnc(-c2cc(/C=C/c3ccccc3OC)cc[nH+]2)c1. The molecule has 0 aliphatic rings. The lowest BCUT2D eigenvalue weighted by Gasteiger charge is -2.04. The zero-order chi connectivity index (χ0) is 22.2. The van der Waals surface area contributed by atoms with Crippen molar-refractivity contribution in [1.29, 1.82) is 0 Å². The summed E-state index contributed by atoms with van der Waals surface area (Å²) in [5.41, 5.74) is 6.01. The number of para-hydroxylation sites is 2. The van der Waals surface area contributed by atoms with Crippen molar-refractivity contribution in [2.45, 2.75) is 0 Å². The summed E-state index contributed by atoms with van der Waals surface area (Å²) < 4.78 is 10.9. The van der Waals surface area contributed by atoms with E-state index in [-0.39, 0.29) is 0 Å². The number of methoxy groups -OCH3 is 2. The second kappa shape index (κ2) is 10.2. The van der Waals surface area contributed by atoms with E-state index < -0.39 is 0 Å². The molecule has 0 fully saturated rings. The van der Waals surface area contributed by atoms with Gasteiger partial charge in [-0.3, -0.25) is 0 Å². The molecule has 1 N–H and O–H groups in total. The Morgan fingerprint density at radius 3 is 1.91 bits per heavy atom. The van der Waals surface area contributed by atoms with E-state index in [2.05, 4.69) is 40.3 Å². The molecule has 0 saturated heterocycles. The van der Waals surface area contributed by atoms with Gasteiger partial charge >= 0.3 is 0 Å². The van der Waals surface area contributed by atoms with E-state index in [9.17, 15) is 0 Å². The van der Waals surface area contributed by atoms with E-state index in [0.717, 1.165) is 45.1 Å². The van der Waals surface area contributed by atoms with Crippen molar-refractivity contribution in [3.05, 3.63) is 107 Å². The molecule has 0 saturated carbocycles. The lowest BCUT2D eigenvalue weighted by Crippen LogP contribution is -2.06. The van der Waals surface area contributed by atoms with Crippen LogP contribution in [0.25, 0.3) is 35.7 Å². The molecule has 4 nitrogen and oxygen atoms in total. The van der Waals surface area contributed by atoms with Crippen molar-refractivity contribution in [1.82, 2.24) is 4.98 Å². The first kappa shape index (κ1) is 21.1. The minimum Gasteiger partial charge on any atom is -0.496 e. The van der Waals surface area contributed by atoms with Crippen molar-refractivity contribution < 1.29 is 14.5 Å². The molecule has 0 unspecified atom stereocenters. The van der Waals surface area contributed by atoms with E-state index in [1.54, 1.807) is 14.2 Å². The number of H-pyrrole nitrogens is 1. The fourth-order valence-corrected chi connectivity index (χ4v) is 3.41. The molecule has 0 radical (unpaired) electrons. The van der Waals surface area contributed by atoms with Gasteiger partial charge < -0.3 is 9.47 Å². The highest BCUT2D eigenvalue weighted by atomic mass is 16.5. The highest BCUT2D eigenvalue weighted by molar-refractivity contribution is 5.75. The Kier molecular flexibility index (Phi) is 6.73. The van der Waals surface area contributed by atoms with Gasteiger partial charge in [0.2, 0.25) is 5.69 Å². The second-order valence-electron chi connectivity index (χ2n) is 7.16. The number of hydrogen-bond acceptors (Lipinski definition) is 3. The third-order valence-electron chi connectivity index (χ3n) is 5.07. The molecule has 4 aromatic rings. The number of aromatic amines is 1. The van der Waals surface area contributed by atoms with Crippen LogP contribution < -0.4 is 14.5 Å². The quantitative estimate of drug-likeness (QED) is 0.372. The summed E-state index contributed by atoms with van der Waals surface area (Å²) in [6, 6.07) is 24.1. The first-order valence-electron chi connectivity index (χ1n) is 10.4. The number of nitrogens with one attached hydrogen (secondary N) is 1. The number of aromatic nitrogens is 2. The summed E-state index contributed by atoms with van der Waals surface area (Å²) in [4.78, 5) is 7.85. The van der Waals surface area contributed by atoms with Crippen molar-refractivity contribution in [2.75, 3.05) is 14.2 Å². The van der Waals surface area contributed by atoms with Crippen LogP contribution in [0.5, 0.6) is 11.5 Å². The van der Waals surface area contributed by atoms with Gasteiger partial charge in [0.25, 0.3) is 0 Å². The topological polar surface area (TPSA) is 45.5 Å². The summed E-state index contributed by atoms with van der Waals surface area (Å²) in [6.45, 7) is 0. The molecule has 0 atom stereocenters. The highest BCUT2D eigenvalue weighted by Gasteiger charge is 2.08. The molecule has 0 amide bonds. The van der Waals surface area contributed by atoms with E-state index in [0.29, 0.717) is 0 Å². The summed E-state index contributed by atoms with van der Waals surface area (Å²) in [5.74, 6) is 1.70. The molecule has 2 heterocycles. The van der Waals surface area contributed by atoms with Crippen LogP contribution in [0.2, 0.25) is 0 Å². The normalized spacial score (nSPS) is 11.2. The van der Waals surface area contributed by atoms with Gasteiger partial charge in [0.1, 0.15) is 17.2 Å². The Morgan fingerprint density at radius 1 is 0.688 bits per heavy atom. The number of pyridine rings is 2. The molecular formula is C28H25N2O2+. The van der Waals surface area contributed by atoms with E-state index in [1.165, 1.54) is 0 Å². The maximum absolute atomic E-state index is 5.43. The number of nitrogens with zero attached hydrogens (tertiary/aromatic N) is 1. The molecule has 4 heteroatoms. The van der Waals surface area contributed by atoms with Gasteiger partial charge in [-0.2, -0.15) is 0 Å². The van der Waals surface area contributed by atoms with Crippen LogP contribution >= 0.6 is 0 Å². The average molecular weight is 422 g/mol. The van der Waals surface area contributed by atoms with Gasteiger partial charge in [-0.25, -0.2) is 9.97 Å². The molecule has 0 aliphatic heterocycles. The van der Waals surface area contributed by atoms with Crippen molar-refractivity contribution in [2.24, 2.45) is 0 Å². The molecule has 2 aromatic carbocycles. The van der Waals surface area contributed by atoms with Crippen LogP contribution in [0.15, 0.2) is 85.2 Å². The van der Waals surface area contributed by atoms with Gasteiger partial charge in [0.05, 0.1) is 14.2 Å². The van der Waals surface area contributed by atoms with Crippen LogP contribution in [0.3, 0.4) is 0 Å². The molecule has 32 heavy (non-hydrogen) atoms. The summed E-state index contributed by atoms with van der Waals surface area (Å²) in [5, 5.41) is 0. The van der Waals surface area contributed by atoms with Gasteiger partial charge in [-0.15, -0.1) is 0 Å². The average Bonchev–Trinajstić information content (AvgIpc) is 2.87. The van der Waals surface area contributed by atoms with Crippen LogP contribution in [0.4, 0.5) is 0 Å². The molecule has 158 valence electrons. The van der Waals surface area contributed by atoms with Gasteiger partial charge in [0, 0.05) is 29.5 Å². The Hall–Kier alpha value is -4.18. The Balaban J connectivity index is 1.57. The number of rotatable bonds is 7. The fourth-order valence-electron chi connectivity index (χ4n) is 3.41. The Labute approximate surface area is 188 Å². The lowest BCUT2D eigenvalue weighted by molar-refractivity contribution is -0.364. The van der Waals surface area contributed by atoms with Gasteiger partial charge in [-0.05, 0) is 35.4 Å². The molecule has 0 spiro atoms. The van der Waals surface area contributed by atoms with Crippen molar-refractivity contribution in [3.63, 3.8) is 0 Å². The predicted molar refractivity (Wildman–Crippen MR) is 130 cm³/mol. The second-order valence-corrected chi connectivity index (χ2v) is 7.16. The number of benzene rings is 2. The zero-order valence-corrected chi connectivity index (χ0v) is 18.2. The van der Waals surface area contributed by atoms with Crippen LogP contribution in [0.1, 0.15) is 22.3 Å². The van der Waals surface area contributed by atoms with E-state index in [4.69, 9.17) is 9.47 Å². The summed E-state index contributed by atoms with van der Waals surface area (Å²) >= 11 is 0. The maximum atomic E-state index is 5.43. The van der Waals surface area contributed by atoms with Gasteiger partial charge in [0.15, 0.2) is 6.20 Å². The number of ether oxygens (including phenoxy) is 2. The molecule has 0 aliphatic carbocycles. The summed E-state index contributed by atoms with van der Waals surface area (Å²) in [7, 11) is 3.37. The molecule has 4 rings (SSSR count). The van der Waals surface area contributed by atoms with Crippen molar-refractivity contribution in [3.8, 4) is 22.9 Å². The first-order chi connectivity index (χ1) is 15.8. The molecule has 0 bridgehead atoms. The van der Waals surface area contributed by atoms with Gasteiger partial charge in [-0.1, -0.05) is 60.7 Å². The predicted octanol–water partition coefficient (Wildman–Crippen LogP) is 5.92. The fraction of sp³-hybridized carbons (Fsp3) is 0.0714. The smallest absolute Gasteiger partial charge is 0.230 e. The van der Waals surface area contributed by atoms with E-state index >= 15 is 0 Å².